The average molecular weight is 340 g/mol. The van der Waals surface area contributed by atoms with Gasteiger partial charge in [-0.05, 0) is 44.0 Å². The quantitative estimate of drug-likeness (QED) is 0.757. The van der Waals surface area contributed by atoms with E-state index in [4.69, 9.17) is 4.74 Å². The van der Waals surface area contributed by atoms with Crippen LogP contribution in [-0.4, -0.2) is 24.8 Å². The van der Waals surface area contributed by atoms with Crippen molar-refractivity contribution < 1.29 is 9.53 Å². The van der Waals surface area contributed by atoms with E-state index in [1.165, 1.54) is 16.3 Å². The van der Waals surface area contributed by atoms with Gasteiger partial charge in [-0.3, -0.25) is 0 Å². The maximum Gasteiger partial charge on any atom is 0.407 e. The Hall–Kier alpha value is -2.33. The summed E-state index contributed by atoms with van der Waals surface area (Å²) in [5, 5.41) is 8.73. The van der Waals surface area contributed by atoms with Crippen LogP contribution in [0, 0.1) is 0 Å². The Morgan fingerprint density at radius 3 is 2.52 bits per heavy atom. The highest BCUT2D eigenvalue weighted by Crippen LogP contribution is 2.23. The highest BCUT2D eigenvalue weighted by molar-refractivity contribution is 5.86. The third-order valence-electron chi connectivity index (χ3n) is 3.76. The summed E-state index contributed by atoms with van der Waals surface area (Å²) in [6.07, 6.45) is 3.54. The Morgan fingerprint density at radius 1 is 1.08 bits per heavy atom. The van der Waals surface area contributed by atoms with Crippen molar-refractivity contribution in [3.05, 3.63) is 60.2 Å². The minimum Gasteiger partial charge on any atom is -0.444 e. The van der Waals surface area contributed by atoms with Gasteiger partial charge in [0.2, 0.25) is 0 Å². The van der Waals surface area contributed by atoms with Crippen molar-refractivity contribution in [3.63, 3.8) is 0 Å². The van der Waals surface area contributed by atoms with Crippen molar-refractivity contribution in [2.45, 2.75) is 39.3 Å². The summed E-state index contributed by atoms with van der Waals surface area (Å²) in [7, 11) is 0. The molecule has 0 aliphatic carbocycles. The summed E-state index contributed by atoms with van der Waals surface area (Å²) < 4.78 is 5.18. The molecule has 0 unspecified atom stereocenters. The maximum atomic E-state index is 11.5. The molecule has 0 aliphatic heterocycles. The topological polar surface area (TPSA) is 50.4 Å². The van der Waals surface area contributed by atoms with Crippen LogP contribution in [0.15, 0.2) is 54.6 Å². The number of ether oxygens (including phenoxy) is 1. The third kappa shape index (κ3) is 6.24. The van der Waals surface area contributed by atoms with Crippen molar-refractivity contribution in [2.75, 3.05) is 13.1 Å². The fourth-order valence-corrected chi connectivity index (χ4v) is 2.61. The van der Waals surface area contributed by atoms with E-state index in [0.717, 1.165) is 6.54 Å². The first-order valence-corrected chi connectivity index (χ1v) is 8.70. The molecule has 25 heavy (non-hydrogen) atoms. The number of rotatable bonds is 6. The summed E-state index contributed by atoms with van der Waals surface area (Å²) >= 11 is 0. The fraction of sp³-hybridized carbons (Fsp3) is 0.381. The monoisotopic (exact) mass is 340 g/mol. The smallest absolute Gasteiger partial charge is 0.407 e. The maximum absolute atomic E-state index is 11.5. The molecule has 0 spiro atoms. The van der Waals surface area contributed by atoms with Gasteiger partial charge < -0.3 is 15.4 Å². The largest absolute Gasteiger partial charge is 0.444 e. The molecule has 4 nitrogen and oxygen atoms in total. The van der Waals surface area contributed by atoms with E-state index in [2.05, 4.69) is 60.0 Å². The molecule has 1 amide bonds. The van der Waals surface area contributed by atoms with Crippen LogP contribution in [0.25, 0.3) is 10.8 Å². The Bertz CT molecular complexity index is 727. The van der Waals surface area contributed by atoms with Gasteiger partial charge >= 0.3 is 6.09 Å². The first kappa shape index (κ1) is 19.0. The van der Waals surface area contributed by atoms with E-state index in [1.807, 2.05) is 32.9 Å². The second kappa shape index (κ2) is 8.67. The lowest BCUT2D eigenvalue weighted by molar-refractivity contribution is 0.0534. The van der Waals surface area contributed by atoms with Crippen LogP contribution in [0.2, 0.25) is 0 Å². The standard InChI is InChI=1S/C21H28N2O2/c1-16(18-13-9-11-17-10-5-6-12-19(17)18)22-14-7-8-15-23-20(24)25-21(2,3)4/h5-13,16,22H,14-15H2,1-4H3,(H,23,24)/b8-7+/t16-/m1/s1. The summed E-state index contributed by atoms with van der Waals surface area (Å²) in [6.45, 7) is 8.90. The van der Waals surface area contributed by atoms with Gasteiger partial charge in [-0.1, -0.05) is 54.6 Å². The van der Waals surface area contributed by atoms with Crippen molar-refractivity contribution in [2.24, 2.45) is 0 Å². The number of nitrogens with one attached hydrogen (secondary N) is 2. The van der Waals surface area contributed by atoms with Gasteiger partial charge in [0.1, 0.15) is 5.60 Å². The van der Waals surface area contributed by atoms with E-state index in [9.17, 15) is 4.79 Å². The summed E-state index contributed by atoms with van der Waals surface area (Å²) in [4.78, 5) is 11.5. The van der Waals surface area contributed by atoms with Crippen LogP contribution in [0.4, 0.5) is 4.79 Å². The molecular weight excluding hydrogens is 312 g/mol. The molecule has 2 aromatic rings. The second-order valence-corrected chi connectivity index (χ2v) is 7.05. The molecule has 1 atom stereocenters. The normalized spacial score (nSPS) is 13.1. The minimum atomic E-state index is -0.469. The zero-order valence-corrected chi connectivity index (χ0v) is 15.5. The van der Waals surface area contributed by atoms with E-state index >= 15 is 0 Å². The molecule has 2 rings (SSSR count). The van der Waals surface area contributed by atoms with Gasteiger partial charge in [0.15, 0.2) is 0 Å². The summed E-state index contributed by atoms with van der Waals surface area (Å²) in [5.74, 6) is 0. The van der Waals surface area contributed by atoms with Crippen molar-refractivity contribution in [1.82, 2.24) is 10.6 Å². The number of benzene rings is 2. The number of amides is 1. The van der Waals surface area contributed by atoms with E-state index in [-0.39, 0.29) is 6.04 Å². The SMILES string of the molecule is C[C@@H](NC/C=C/CNC(=O)OC(C)(C)C)c1cccc2ccccc12. The van der Waals surface area contributed by atoms with Crippen molar-refractivity contribution >= 4 is 16.9 Å². The molecule has 0 saturated heterocycles. The number of carbonyl (C=O) groups is 1. The predicted molar refractivity (Wildman–Crippen MR) is 104 cm³/mol. The summed E-state index contributed by atoms with van der Waals surface area (Å²) in [5.41, 5.74) is 0.821. The molecule has 0 heterocycles. The molecular formula is C21H28N2O2. The average Bonchev–Trinajstić information content (AvgIpc) is 2.55. The van der Waals surface area contributed by atoms with Gasteiger partial charge in [-0.2, -0.15) is 0 Å². The Balaban J connectivity index is 1.78. The van der Waals surface area contributed by atoms with Gasteiger partial charge in [0.05, 0.1) is 0 Å². The zero-order valence-electron chi connectivity index (χ0n) is 15.5. The Morgan fingerprint density at radius 2 is 1.76 bits per heavy atom. The number of hydrogen-bond acceptors (Lipinski definition) is 3. The molecule has 0 aromatic heterocycles. The Kier molecular flexibility index (Phi) is 6.59. The van der Waals surface area contributed by atoms with Gasteiger partial charge in [0.25, 0.3) is 0 Å². The number of carbonyl (C=O) groups excluding carboxylic acids is 1. The van der Waals surface area contributed by atoms with E-state index in [0.29, 0.717) is 6.54 Å². The molecule has 2 aromatic carbocycles. The van der Waals surface area contributed by atoms with E-state index in [1.54, 1.807) is 0 Å². The summed E-state index contributed by atoms with van der Waals surface area (Å²) in [6, 6.07) is 15.1. The molecule has 0 aliphatic rings. The molecule has 0 fully saturated rings. The van der Waals surface area contributed by atoms with Crippen LogP contribution in [-0.2, 0) is 4.74 Å². The predicted octanol–water partition coefficient (Wildman–Crippen LogP) is 4.57. The van der Waals surface area contributed by atoms with E-state index < -0.39 is 11.7 Å². The molecule has 0 bridgehead atoms. The van der Waals surface area contributed by atoms with Gasteiger partial charge in [-0.15, -0.1) is 0 Å². The fourth-order valence-electron chi connectivity index (χ4n) is 2.61. The molecule has 0 radical (unpaired) electrons. The molecule has 134 valence electrons. The van der Waals surface area contributed by atoms with Crippen molar-refractivity contribution in [3.8, 4) is 0 Å². The number of alkyl carbamates (subject to hydrolysis) is 1. The van der Waals surface area contributed by atoms with Crippen LogP contribution < -0.4 is 10.6 Å². The van der Waals surface area contributed by atoms with Crippen LogP contribution >= 0.6 is 0 Å². The first-order valence-electron chi connectivity index (χ1n) is 8.70. The second-order valence-electron chi connectivity index (χ2n) is 7.05. The minimum absolute atomic E-state index is 0.245. The molecule has 2 N–H and O–H groups in total. The molecule has 4 heteroatoms. The highest BCUT2D eigenvalue weighted by atomic mass is 16.6. The van der Waals surface area contributed by atoms with Crippen LogP contribution in [0.5, 0.6) is 0 Å². The zero-order chi connectivity index (χ0) is 18.3. The van der Waals surface area contributed by atoms with Crippen molar-refractivity contribution in [1.29, 1.82) is 0 Å². The van der Waals surface area contributed by atoms with Crippen LogP contribution in [0.3, 0.4) is 0 Å². The number of fused-ring (bicyclic) bond motifs is 1. The first-order chi connectivity index (χ1) is 11.9. The van der Waals surface area contributed by atoms with Gasteiger partial charge in [-0.25, -0.2) is 4.79 Å². The lowest BCUT2D eigenvalue weighted by Gasteiger charge is -2.19. The Labute approximate surface area is 150 Å². The van der Waals surface area contributed by atoms with Gasteiger partial charge in [0, 0.05) is 19.1 Å². The lowest BCUT2D eigenvalue weighted by Crippen LogP contribution is -2.32. The number of hydrogen-bond donors (Lipinski definition) is 2. The lowest BCUT2D eigenvalue weighted by atomic mass is 10.00. The molecule has 0 saturated carbocycles. The third-order valence-corrected chi connectivity index (χ3v) is 3.76. The highest BCUT2D eigenvalue weighted by Gasteiger charge is 2.15. The van der Waals surface area contributed by atoms with Crippen LogP contribution in [0.1, 0.15) is 39.3 Å².